The van der Waals surface area contributed by atoms with Gasteiger partial charge in [0.05, 0.1) is 0 Å². The molecule has 0 bridgehead atoms. The van der Waals surface area contributed by atoms with Crippen molar-refractivity contribution in [2.75, 3.05) is 13.1 Å². The minimum atomic E-state index is 0.453. The van der Waals surface area contributed by atoms with Gasteiger partial charge in [-0.25, -0.2) is 0 Å². The summed E-state index contributed by atoms with van der Waals surface area (Å²) in [5.41, 5.74) is 0.453. The summed E-state index contributed by atoms with van der Waals surface area (Å²) in [4.78, 5) is 2.79. The highest BCUT2D eigenvalue weighted by atomic mass is 15.2. The fourth-order valence-electron chi connectivity index (χ4n) is 3.26. The third-order valence-electron chi connectivity index (χ3n) is 5.24. The number of likely N-dealkylation sites (tertiary alicyclic amines) is 1. The topological polar surface area (TPSA) is 15.3 Å². The second-order valence-electron chi connectivity index (χ2n) is 6.98. The van der Waals surface area contributed by atoms with E-state index in [2.05, 4.69) is 37.9 Å². The van der Waals surface area contributed by atoms with E-state index in [1.807, 2.05) is 0 Å². The molecule has 0 aromatic rings. The summed E-state index contributed by atoms with van der Waals surface area (Å²) >= 11 is 0. The average Bonchev–Trinajstić information content (AvgIpc) is 3.14. The Kier molecular flexibility index (Phi) is 4.71. The Morgan fingerprint density at radius 2 is 1.89 bits per heavy atom. The van der Waals surface area contributed by atoms with E-state index < -0.39 is 0 Å². The van der Waals surface area contributed by atoms with Crippen LogP contribution in [0.3, 0.4) is 0 Å². The van der Waals surface area contributed by atoms with Gasteiger partial charge in [-0.05, 0) is 50.9 Å². The smallest absolute Gasteiger partial charge is 0.00962 e. The Morgan fingerprint density at radius 1 is 1.17 bits per heavy atom. The quantitative estimate of drug-likeness (QED) is 0.747. The zero-order valence-electron chi connectivity index (χ0n) is 12.8. The van der Waals surface area contributed by atoms with Gasteiger partial charge < -0.3 is 5.32 Å². The van der Waals surface area contributed by atoms with Crippen LogP contribution in [0.2, 0.25) is 0 Å². The molecule has 106 valence electrons. The van der Waals surface area contributed by atoms with Crippen LogP contribution in [0.25, 0.3) is 0 Å². The SMILES string of the molecule is CCC1CCC(C)N1CC(C)(CC)CNC1CC1. The molecule has 1 saturated heterocycles. The lowest BCUT2D eigenvalue weighted by atomic mass is 9.86. The molecule has 2 nitrogen and oxygen atoms in total. The van der Waals surface area contributed by atoms with Crippen molar-refractivity contribution in [2.45, 2.75) is 84.3 Å². The normalized spacial score (nSPS) is 32.7. The summed E-state index contributed by atoms with van der Waals surface area (Å²) in [5, 5.41) is 3.74. The largest absolute Gasteiger partial charge is 0.313 e. The fraction of sp³-hybridized carbons (Fsp3) is 1.00. The molecule has 1 aliphatic heterocycles. The number of hydrogen-bond acceptors (Lipinski definition) is 2. The first-order valence-electron chi connectivity index (χ1n) is 8.07. The summed E-state index contributed by atoms with van der Waals surface area (Å²) in [7, 11) is 0. The number of nitrogens with one attached hydrogen (secondary N) is 1. The van der Waals surface area contributed by atoms with Crippen molar-refractivity contribution in [3.63, 3.8) is 0 Å². The van der Waals surface area contributed by atoms with Crippen LogP contribution in [0, 0.1) is 5.41 Å². The molecule has 0 amide bonds. The molecule has 1 heterocycles. The van der Waals surface area contributed by atoms with Crippen LogP contribution in [-0.4, -0.2) is 36.1 Å². The minimum absolute atomic E-state index is 0.453. The second-order valence-corrected chi connectivity index (χ2v) is 6.98. The van der Waals surface area contributed by atoms with Gasteiger partial charge in [0, 0.05) is 31.2 Å². The lowest BCUT2D eigenvalue weighted by Crippen LogP contribution is -2.46. The van der Waals surface area contributed by atoms with Crippen molar-refractivity contribution in [3.05, 3.63) is 0 Å². The maximum atomic E-state index is 3.74. The molecule has 3 unspecified atom stereocenters. The molecule has 2 rings (SSSR count). The lowest BCUT2D eigenvalue weighted by molar-refractivity contribution is 0.112. The molecule has 0 aromatic carbocycles. The maximum Gasteiger partial charge on any atom is 0.00962 e. The first-order valence-corrected chi connectivity index (χ1v) is 8.07. The lowest BCUT2D eigenvalue weighted by Gasteiger charge is -2.38. The molecule has 18 heavy (non-hydrogen) atoms. The fourth-order valence-corrected chi connectivity index (χ4v) is 3.26. The van der Waals surface area contributed by atoms with Gasteiger partial charge >= 0.3 is 0 Å². The van der Waals surface area contributed by atoms with Crippen LogP contribution in [0.5, 0.6) is 0 Å². The molecule has 1 saturated carbocycles. The molecule has 0 aromatic heterocycles. The van der Waals surface area contributed by atoms with Gasteiger partial charge in [0.25, 0.3) is 0 Å². The van der Waals surface area contributed by atoms with E-state index in [9.17, 15) is 0 Å². The summed E-state index contributed by atoms with van der Waals surface area (Å²) in [6.45, 7) is 12.1. The van der Waals surface area contributed by atoms with Gasteiger partial charge in [-0.3, -0.25) is 4.90 Å². The highest BCUT2D eigenvalue weighted by Crippen LogP contribution is 2.32. The summed E-state index contributed by atoms with van der Waals surface area (Å²) in [6, 6.07) is 2.47. The molecule has 1 N–H and O–H groups in total. The first kappa shape index (κ1) is 14.3. The monoisotopic (exact) mass is 252 g/mol. The van der Waals surface area contributed by atoms with Crippen molar-refractivity contribution in [3.8, 4) is 0 Å². The summed E-state index contributed by atoms with van der Waals surface area (Å²) in [6.07, 6.45) is 8.21. The molecule has 0 radical (unpaired) electrons. The van der Waals surface area contributed by atoms with E-state index in [1.165, 1.54) is 51.6 Å². The molecule has 2 aliphatic rings. The third-order valence-corrected chi connectivity index (χ3v) is 5.24. The van der Waals surface area contributed by atoms with Gasteiger partial charge in [0.2, 0.25) is 0 Å². The van der Waals surface area contributed by atoms with Crippen LogP contribution >= 0.6 is 0 Å². The van der Waals surface area contributed by atoms with Gasteiger partial charge in [0.15, 0.2) is 0 Å². The Balaban J connectivity index is 1.89. The molecule has 1 aliphatic carbocycles. The zero-order valence-corrected chi connectivity index (χ0v) is 12.8. The summed E-state index contributed by atoms with van der Waals surface area (Å²) < 4.78 is 0. The Hall–Kier alpha value is -0.0800. The highest BCUT2D eigenvalue weighted by molar-refractivity contribution is 4.91. The first-order chi connectivity index (χ1) is 8.58. The van der Waals surface area contributed by atoms with Crippen LogP contribution in [0.4, 0.5) is 0 Å². The standard InChI is InChI=1S/C16H32N2/c1-5-15-10-7-13(3)18(15)12-16(4,6-2)11-17-14-8-9-14/h13-15,17H,5-12H2,1-4H3. The van der Waals surface area contributed by atoms with Crippen molar-refractivity contribution in [1.29, 1.82) is 0 Å². The van der Waals surface area contributed by atoms with Gasteiger partial charge in [-0.15, -0.1) is 0 Å². The number of hydrogen-bond donors (Lipinski definition) is 1. The highest BCUT2D eigenvalue weighted by Gasteiger charge is 2.35. The average molecular weight is 252 g/mol. The molecular weight excluding hydrogens is 220 g/mol. The van der Waals surface area contributed by atoms with Crippen molar-refractivity contribution >= 4 is 0 Å². The third kappa shape index (κ3) is 3.48. The zero-order chi connectivity index (χ0) is 13.2. The second kappa shape index (κ2) is 5.92. The van der Waals surface area contributed by atoms with Gasteiger partial charge in [-0.2, -0.15) is 0 Å². The Bertz CT molecular complexity index is 262. The van der Waals surface area contributed by atoms with Crippen LogP contribution in [-0.2, 0) is 0 Å². The Morgan fingerprint density at radius 3 is 2.44 bits per heavy atom. The van der Waals surface area contributed by atoms with E-state index in [4.69, 9.17) is 0 Å². The predicted octanol–water partition coefficient (Wildman–Crippen LogP) is 3.42. The molecular formula is C16H32N2. The maximum absolute atomic E-state index is 3.74. The Labute approximate surface area is 114 Å². The van der Waals surface area contributed by atoms with Gasteiger partial charge in [-0.1, -0.05) is 20.8 Å². The summed E-state index contributed by atoms with van der Waals surface area (Å²) in [5.74, 6) is 0. The van der Waals surface area contributed by atoms with Crippen molar-refractivity contribution < 1.29 is 0 Å². The van der Waals surface area contributed by atoms with E-state index in [0.717, 1.165) is 18.1 Å². The molecule has 0 spiro atoms. The minimum Gasteiger partial charge on any atom is -0.313 e. The number of nitrogens with zero attached hydrogens (tertiary/aromatic N) is 1. The van der Waals surface area contributed by atoms with E-state index in [1.54, 1.807) is 0 Å². The van der Waals surface area contributed by atoms with Crippen LogP contribution in [0.1, 0.15) is 66.2 Å². The molecule has 2 heteroatoms. The van der Waals surface area contributed by atoms with E-state index in [-0.39, 0.29) is 0 Å². The number of rotatable bonds is 7. The molecule has 2 fully saturated rings. The van der Waals surface area contributed by atoms with Crippen molar-refractivity contribution in [2.24, 2.45) is 5.41 Å². The molecule has 3 atom stereocenters. The van der Waals surface area contributed by atoms with E-state index in [0.29, 0.717) is 5.41 Å². The van der Waals surface area contributed by atoms with E-state index >= 15 is 0 Å². The predicted molar refractivity (Wildman–Crippen MR) is 78.9 cm³/mol. The van der Waals surface area contributed by atoms with Crippen molar-refractivity contribution in [1.82, 2.24) is 10.2 Å². The van der Waals surface area contributed by atoms with Crippen LogP contribution < -0.4 is 5.32 Å². The van der Waals surface area contributed by atoms with Crippen LogP contribution in [0.15, 0.2) is 0 Å². The van der Waals surface area contributed by atoms with Gasteiger partial charge in [0.1, 0.15) is 0 Å².